The van der Waals surface area contributed by atoms with Crippen LogP contribution in [-0.2, 0) is 4.79 Å². The van der Waals surface area contributed by atoms with E-state index in [-0.39, 0.29) is 5.69 Å². The van der Waals surface area contributed by atoms with Gasteiger partial charge in [-0.1, -0.05) is 0 Å². The number of aromatic nitrogens is 2. The summed E-state index contributed by atoms with van der Waals surface area (Å²) in [6.45, 7) is 0. The maximum atomic E-state index is 12.1. The first-order chi connectivity index (χ1) is 10.5. The number of hydrogen-bond donors (Lipinski definition) is 3. The number of carbonyl (C=O) groups excluding carboxylic acids is 1. The Morgan fingerprint density at radius 2 is 2.00 bits per heavy atom. The lowest BCUT2D eigenvalue weighted by Gasteiger charge is -2.10. The molecule has 1 aliphatic rings. The van der Waals surface area contributed by atoms with Crippen molar-refractivity contribution in [2.45, 2.75) is 18.4 Å². The van der Waals surface area contributed by atoms with Crippen LogP contribution in [0.1, 0.15) is 23.3 Å². The number of carboxylic acids is 1. The lowest BCUT2D eigenvalue weighted by molar-refractivity contribution is -0.140. The van der Waals surface area contributed by atoms with E-state index >= 15 is 0 Å². The monoisotopic (exact) mass is 301 g/mol. The summed E-state index contributed by atoms with van der Waals surface area (Å²) in [7, 11) is 1.59. The molecule has 1 heterocycles. The Morgan fingerprint density at radius 1 is 1.32 bits per heavy atom. The predicted molar refractivity (Wildman–Crippen MR) is 77.6 cm³/mol. The summed E-state index contributed by atoms with van der Waals surface area (Å²) in [6, 6.07) is 8.85. The quantitative estimate of drug-likeness (QED) is 0.775. The van der Waals surface area contributed by atoms with E-state index in [1.807, 2.05) is 12.1 Å². The normalized spacial score (nSPS) is 15.1. The van der Waals surface area contributed by atoms with Gasteiger partial charge in [0.15, 0.2) is 0 Å². The van der Waals surface area contributed by atoms with Gasteiger partial charge in [-0.05, 0) is 43.2 Å². The lowest BCUT2D eigenvalue weighted by atomic mass is 10.1. The number of methoxy groups -OCH3 is 1. The Labute approximate surface area is 126 Å². The molecule has 0 spiro atoms. The maximum Gasteiger partial charge on any atom is 0.329 e. The number of nitrogens with zero attached hydrogens (tertiary/aromatic N) is 1. The number of benzene rings is 1. The molecule has 0 saturated heterocycles. The molecule has 3 rings (SSSR count). The molecule has 114 valence electrons. The van der Waals surface area contributed by atoms with Crippen LogP contribution in [0.3, 0.4) is 0 Å². The number of carbonyl (C=O) groups is 2. The average Bonchev–Trinajstić information content (AvgIpc) is 3.14. The highest BCUT2D eigenvalue weighted by Crippen LogP contribution is 2.35. The van der Waals surface area contributed by atoms with Gasteiger partial charge in [-0.3, -0.25) is 9.89 Å². The molecule has 1 aliphatic carbocycles. The summed E-state index contributed by atoms with van der Waals surface area (Å²) < 4.78 is 5.08. The van der Waals surface area contributed by atoms with E-state index in [0.717, 1.165) is 11.3 Å². The van der Waals surface area contributed by atoms with Crippen molar-refractivity contribution in [1.82, 2.24) is 15.5 Å². The SMILES string of the molecule is COc1ccc(-c2cc(C(=O)NC3(C(=O)O)CC3)[nH]n2)cc1. The van der Waals surface area contributed by atoms with Crippen molar-refractivity contribution in [3.63, 3.8) is 0 Å². The zero-order valence-electron chi connectivity index (χ0n) is 11.9. The van der Waals surface area contributed by atoms with Crippen molar-refractivity contribution in [2.24, 2.45) is 0 Å². The van der Waals surface area contributed by atoms with Crippen molar-refractivity contribution < 1.29 is 19.4 Å². The fourth-order valence-corrected chi connectivity index (χ4v) is 2.15. The second kappa shape index (κ2) is 5.18. The second-order valence-corrected chi connectivity index (χ2v) is 5.24. The number of rotatable bonds is 5. The van der Waals surface area contributed by atoms with Crippen LogP contribution in [0, 0.1) is 0 Å². The first kappa shape index (κ1) is 14.1. The molecule has 0 bridgehead atoms. The molecular formula is C15H15N3O4. The van der Waals surface area contributed by atoms with Gasteiger partial charge in [0.25, 0.3) is 5.91 Å². The Kier molecular flexibility index (Phi) is 3.32. The fraction of sp³-hybridized carbons (Fsp3) is 0.267. The van der Waals surface area contributed by atoms with Gasteiger partial charge in [0.1, 0.15) is 17.0 Å². The first-order valence-electron chi connectivity index (χ1n) is 6.80. The smallest absolute Gasteiger partial charge is 0.329 e. The van der Waals surface area contributed by atoms with Crippen molar-refractivity contribution in [1.29, 1.82) is 0 Å². The van der Waals surface area contributed by atoms with Crippen molar-refractivity contribution in [3.8, 4) is 17.0 Å². The van der Waals surface area contributed by atoms with Gasteiger partial charge in [0.2, 0.25) is 0 Å². The second-order valence-electron chi connectivity index (χ2n) is 5.24. The number of aromatic amines is 1. The van der Waals surface area contributed by atoms with Crippen LogP contribution in [0.25, 0.3) is 11.3 Å². The summed E-state index contributed by atoms with van der Waals surface area (Å²) in [5.41, 5.74) is 0.560. The van der Waals surface area contributed by atoms with E-state index < -0.39 is 17.4 Å². The van der Waals surface area contributed by atoms with Gasteiger partial charge in [-0.15, -0.1) is 0 Å². The van der Waals surface area contributed by atoms with Crippen LogP contribution in [0.5, 0.6) is 5.75 Å². The number of amides is 1. The molecule has 3 N–H and O–H groups in total. The molecule has 1 saturated carbocycles. The Bertz CT molecular complexity index is 717. The van der Waals surface area contributed by atoms with Crippen LogP contribution in [0.4, 0.5) is 0 Å². The highest BCUT2D eigenvalue weighted by molar-refractivity contribution is 5.98. The number of H-pyrrole nitrogens is 1. The van der Waals surface area contributed by atoms with Gasteiger partial charge in [0.05, 0.1) is 12.8 Å². The third kappa shape index (κ3) is 2.52. The first-order valence-corrected chi connectivity index (χ1v) is 6.80. The van der Waals surface area contributed by atoms with Crippen LogP contribution in [-0.4, -0.2) is 39.8 Å². The van der Waals surface area contributed by atoms with Gasteiger partial charge >= 0.3 is 5.97 Å². The third-order valence-corrected chi connectivity index (χ3v) is 3.72. The molecular weight excluding hydrogens is 286 g/mol. The number of aliphatic carboxylic acids is 1. The Hall–Kier alpha value is -2.83. The molecule has 7 heteroatoms. The molecule has 22 heavy (non-hydrogen) atoms. The van der Waals surface area contributed by atoms with E-state index in [0.29, 0.717) is 18.5 Å². The summed E-state index contributed by atoms with van der Waals surface area (Å²) in [5.74, 6) is -0.739. The molecule has 1 aromatic heterocycles. The number of nitrogens with one attached hydrogen (secondary N) is 2. The van der Waals surface area contributed by atoms with E-state index in [1.54, 1.807) is 25.3 Å². The fourth-order valence-electron chi connectivity index (χ4n) is 2.15. The van der Waals surface area contributed by atoms with Crippen LogP contribution in [0.15, 0.2) is 30.3 Å². The van der Waals surface area contributed by atoms with Gasteiger partial charge < -0.3 is 15.2 Å². The van der Waals surface area contributed by atoms with Gasteiger partial charge in [0, 0.05) is 5.56 Å². The van der Waals surface area contributed by atoms with E-state index in [2.05, 4.69) is 15.5 Å². The highest BCUT2D eigenvalue weighted by Gasteiger charge is 2.51. The Morgan fingerprint density at radius 3 is 2.55 bits per heavy atom. The number of ether oxygens (including phenoxy) is 1. The minimum Gasteiger partial charge on any atom is -0.497 e. The molecule has 0 atom stereocenters. The molecule has 1 amide bonds. The Balaban J connectivity index is 1.75. The van der Waals surface area contributed by atoms with Crippen LogP contribution < -0.4 is 10.1 Å². The van der Waals surface area contributed by atoms with Crippen molar-refractivity contribution in [3.05, 3.63) is 36.0 Å². The van der Waals surface area contributed by atoms with Gasteiger partial charge in [-0.25, -0.2) is 4.79 Å². The molecule has 1 aromatic carbocycles. The lowest BCUT2D eigenvalue weighted by Crippen LogP contribution is -2.43. The average molecular weight is 301 g/mol. The summed E-state index contributed by atoms with van der Waals surface area (Å²) in [4.78, 5) is 23.2. The molecule has 0 aliphatic heterocycles. The topological polar surface area (TPSA) is 104 Å². The molecule has 1 fully saturated rings. The predicted octanol–water partition coefficient (Wildman–Crippen LogP) is 1.43. The summed E-state index contributed by atoms with van der Waals surface area (Å²) in [6.07, 6.45) is 0.904. The van der Waals surface area contributed by atoms with Crippen molar-refractivity contribution >= 4 is 11.9 Å². The minimum atomic E-state index is -1.11. The van der Waals surface area contributed by atoms with Gasteiger partial charge in [-0.2, -0.15) is 5.10 Å². The largest absolute Gasteiger partial charge is 0.497 e. The zero-order valence-corrected chi connectivity index (χ0v) is 11.9. The number of carboxylic acid groups (broad SMARTS) is 1. The highest BCUT2D eigenvalue weighted by atomic mass is 16.5. The number of hydrogen-bond acceptors (Lipinski definition) is 4. The van der Waals surface area contributed by atoms with E-state index in [1.165, 1.54) is 0 Å². The minimum absolute atomic E-state index is 0.235. The van der Waals surface area contributed by atoms with Crippen LogP contribution in [0.2, 0.25) is 0 Å². The standard InChI is InChI=1S/C15H15N3O4/c1-22-10-4-2-9(3-5-10)11-8-12(18-17-11)13(19)16-15(6-7-15)14(20)21/h2-5,8H,6-7H2,1H3,(H,16,19)(H,17,18)(H,20,21). The molecule has 2 aromatic rings. The molecule has 7 nitrogen and oxygen atoms in total. The van der Waals surface area contributed by atoms with E-state index in [4.69, 9.17) is 9.84 Å². The van der Waals surface area contributed by atoms with Crippen molar-refractivity contribution in [2.75, 3.05) is 7.11 Å². The third-order valence-electron chi connectivity index (χ3n) is 3.72. The maximum absolute atomic E-state index is 12.1. The van der Waals surface area contributed by atoms with Crippen LogP contribution >= 0.6 is 0 Å². The summed E-state index contributed by atoms with van der Waals surface area (Å²) in [5, 5.41) is 18.3. The molecule has 0 radical (unpaired) electrons. The van der Waals surface area contributed by atoms with E-state index in [9.17, 15) is 9.59 Å². The molecule has 0 unspecified atom stereocenters. The summed E-state index contributed by atoms with van der Waals surface area (Å²) >= 11 is 0. The zero-order chi connectivity index (χ0) is 15.7.